The van der Waals surface area contributed by atoms with Crippen molar-refractivity contribution in [3.8, 4) is 0 Å². The van der Waals surface area contributed by atoms with E-state index in [-0.39, 0.29) is 0 Å². The minimum absolute atomic E-state index is 0.365. The first kappa shape index (κ1) is 15.2. The van der Waals surface area contributed by atoms with Crippen molar-refractivity contribution in [1.29, 1.82) is 0 Å². The van der Waals surface area contributed by atoms with Crippen molar-refractivity contribution >= 4 is 11.0 Å². The molecule has 2 fully saturated rings. The number of aromatic nitrogens is 1. The molecule has 3 heteroatoms. The van der Waals surface area contributed by atoms with E-state index in [1.54, 1.807) is 0 Å². The molecular weight excluding hydrogens is 308 g/mol. The van der Waals surface area contributed by atoms with Gasteiger partial charge in [-0.15, -0.1) is 0 Å². The molecular formula is C22H24N2O. The Morgan fingerprint density at radius 3 is 2.64 bits per heavy atom. The fourth-order valence-electron chi connectivity index (χ4n) is 4.35. The molecule has 2 saturated carbocycles. The van der Waals surface area contributed by atoms with E-state index in [0.29, 0.717) is 17.4 Å². The fraction of sp³-hybridized carbons (Fsp3) is 0.409. The molecule has 0 saturated heterocycles. The van der Waals surface area contributed by atoms with Gasteiger partial charge in [0.25, 0.3) is 0 Å². The summed E-state index contributed by atoms with van der Waals surface area (Å²) in [7, 11) is 0. The van der Waals surface area contributed by atoms with E-state index < -0.39 is 0 Å². The van der Waals surface area contributed by atoms with E-state index in [2.05, 4.69) is 52.9 Å². The third kappa shape index (κ3) is 2.87. The van der Waals surface area contributed by atoms with Gasteiger partial charge in [0.15, 0.2) is 5.58 Å². The van der Waals surface area contributed by atoms with Gasteiger partial charge in [0.1, 0.15) is 0 Å². The van der Waals surface area contributed by atoms with Crippen molar-refractivity contribution in [3.63, 3.8) is 0 Å². The fourth-order valence-corrected chi connectivity index (χ4v) is 4.35. The van der Waals surface area contributed by atoms with Crippen LogP contribution < -0.4 is 5.32 Å². The Kier molecular flexibility index (Phi) is 3.63. The summed E-state index contributed by atoms with van der Waals surface area (Å²) >= 11 is 0. The molecule has 3 nitrogen and oxygen atoms in total. The highest BCUT2D eigenvalue weighted by molar-refractivity contribution is 5.79. The lowest BCUT2D eigenvalue weighted by Gasteiger charge is -2.42. The Hall–Kier alpha value is -2.13. The van der Waals surface area contributed by atoms with E-state index in [1.807, 2.05) is 12.1 Å². The van der Waals surface area contributed by atoms with Crippen LogP contribution in [0.25, 0.3) is 11.0 Å². The second kappa shape index (κ2) is 5.99. The highest BCUT2D eigenvalue weighted by Gasteiger charge is 2.43. The van der Waals surface area contributed by atoms with Crippen LogP contribution in [0.3, 0.4) is 0 Å². The third-order valence-electron chi connectivity index (χ3n) is 6.17. The number of hydrogen-bond donors (Lipinski definition) is 1. The van der Waals surface area contributed by atoms with Gasteiger partial charge < -0.3 is 9.84 Å². The predicted octanol–water partition coefficient (Wildman–Crippen LogP) is 4.69. The van der Waals surface area contributed by atoms with Crippen LogP contribution in [0.15, 0.2) is 59.1 Å². The molecule has 1 aromatic heterocycles. The number of nitrogens with zero attached hydrogens (tertiary/aromatic N) is 1. The zero-order chi connectivity index (χ0) is 16.7. The minimum Gasteiger partial charge on any atom is -0.356 e. The molecule has 0 radical (unpaired) electrons. The number of rotatable bonds is 6. The average Bonchev–Trinajstić information content (AvgIpc) is 3.30. The summed E-state index contributed by atoms with van der Waals surface area (Å²) in [6.07, 6.45) is 6.23. The normalized spacial score (nSPS) is 24.2. The summed E-state index contributed by atoms with van der Waals surface area (Å²) in [6.45, 7) is 1.10. The monoisotopic (exact) mass is 332 g/mol. The average molecular weight is 332 g/mol. The molecule has 0 amide bonds. The minimum atomic E-state index is 0.365. The van der Waals surface area contributed by atoms with E-state index in [1.165, 1.54) is 36.6 Å². The molecule has 2 aliphatic rings. The van der Waals surface area contributed by atoms with Crippen LogP contribution in [0.1, 0.15) is 42.9 Å². The SMILES string of the molecule is c1ccc(C2CC2NCC2(Cc3noc4ccccc34)CCC2)cc1. The van der Waals surface area contributed by atoms with Crippen molar-refractivity contribution in [1.82, 2.24) is 10.5 Å². The molecule has 128 valence electrons. The van der Waals surface area contributed by atoms with Gasteiger partial charge in [0.05, 0.1) is 5.69 Å². The summed E-state index contributed by atoms with van der Waals surface area (Å²) in [5.74, 6) is 0.700. The maximum Gasteiger partial charge on any atom is 0.167 e. The Morgan fingerprint density at radius 1 is 1.04 bits per heavy atom. The van der Waals surface area contributed by atoms with Crippen molar-refractivity contribution in [2.45, 2.75) is 44.1 Å². The summed E-state index contributed by atoms with van der Waals surface area (Å²) in [5, 5.41) is 9.40. The highest BCUT2D eigenvalue weighted by atomic mass is 16.5. The van der Waals surface area contributed by atoms with Gasteiger partial charge in [-0.25, -0.2) is 0 Å². The molecule has 0 aliphatic heterocycles. The van der Waals surface area contributed by atoms with Crippen LogP contribution in [0.5, 0.6) is 0 Å². The number of fused-ring (bicyclic) bond motifs is 1. The number of nitrogens with one attached hydrogen (secondary N) is 1. The summed E-state index contributed by atoms with van der Waals surface area (Å²) < 4.78 is 5.51. The quantitative estimate of drug-likeness (QED) is 0.712. The van der Waals surface area contributed by atoms with Crippen LogP contribution in [0, 0.1) is 5.41 Å². The maximum atomic E-state index is 5.51. The first-order chi connectivity index (χ1) is 12.3. The Labute approximate surface area is 148 Å². The van der Waals surface area contributed by atoms with Crippen LogP contribution in [0.2, 0.25) is 0 Å². The molecule has 5 rings (SSSR count). The lowest BCUT2D eigenvalue weighted by molar-refractivity contribution is 0.127. The number of para-hydroxylation sites is 1. The van der Waals surface area contributed by atoms with Gasteiger partial charge in [-0.3, -0.25) is 0 Å². The smallest absolute Gasteiger partial charge is 0.167 e. The van der Waals surface area contributed by atoms with E-state index in [4.69, 9.17) is 4.52 Å². The second-order valence-electron chi connectivity index (χ2n) is 7.90. The highest BCUT2D eigenvalue weighted by Crippen LogP contribution is 2.46. The Bertz CT molecular complexity index is 866. The van der Waals surface area contributed by atoms with E-state index >= 15 is 0 Å². The maximum absolute atomic E-state index is 5.51. The molecule has 2 atom stereocenters. The lowest BCUT2D eigenvalue weighted by atomic mass is 9.65. The van der Waals surface area contributed by atoms with Crippen molar-refractivity contribution in [3.05, 3.63) is 65.9 Å². The molecule has 2 unspecified atom stereocenters. The lowest BCUT2D eigenvalue weighted by Crippen LogP contribution is -2.42. The molecule has 0 bridgehead atoms. The van der Waals surface area contributed by atoms with Crippen molar-refractivity contribution in [2.24, 2.45) is 5.41 Å². The molecule has 1 N–H and O–H groups in total. The molecule has 1 heterocycles. The summed E-state index contributed by atoms with van der Waals surface area (Å²) in [6, 6.07) is 19.8. The van der Waals surface area contributed by atoms with Crippen LogP contribution >= 0.6 is 0 Å². The molecule has 3 aromatic rings. The van der Waals surface area contributed by atoms with Crippen molar-refractivity contribution < 1.29 is 4.52 Å². The van der Waals surface area contributed by atoms with Gasteiger partial charge in [0.2, 0.25) is 0 Å². The van der Waals surface area contributed by atoms with E-state index in [9.17, 15) is 0 Å². The summed E-state index contributed by atoms with van der Waals surface area (Å²) in [4.78, 5) is 0. The molecule has 0 spiro atoms. The van der Waals surface area contributed by atoms with Gasteiger partial charge >= 0.3 is 0 Å². The zero-order valence-electron chi connectivity index (χ0n) is 14.4. The van der Waals surface area contributed by atoms with Gasteiger partial charge in [0, 0.05) is 30.3 Å². The predicted molar refractivity (Wildman–Crippen MR) is 99.6 cm³/mol. The van der Waals surface area contributed by atoms with Crippen LogP contribution in [-0.2, 0) is 6.42 Å². The van der Waals surface area contributed by atoms with Gasteiger partial charge in [-0.2, -0.15) is 0 Å². The standard InChI is InChI=1S/C22H24N2O/c1-2-7-16(8-3-1)18-13-19(18)23-15-22(11-6-12-22)14-20-17-9-4-5-10-21(17)25-24-20/h1-5,7-10,18-19,23H,6,11-15H2. The number of benzene rings is 2. The molecule has 2 aliphatic carbocycles. The largest absolute Gasteiger partial charge is 0.356 e. The molecule has 25 heavy (non-hydrogen) atoms. The first-order valence-electron chi connectivity index (χ1n) is 9.45. The van der Waals surface area contributed by atoms with Crippen LogP contribution in [0.4, 0.5) is 0 Å². The van der Waals surface area contributed by atoms with Crippen LogP contribution in [-0.4, -0.2) is 17.7 Å². The van der Waals surface area contributed by atoms with Gasteiger partial charge in [-0.05, 0) is 42.4 Å². The summed E-state index contributed by atoms with van der Waals surface area (Å²) in [5.41, 5.74) is 3.88. The Morgan fingerprint density at radius 2 is 1.84 bits per heavy atom. The van der Waals surface area contributed by atoms with Crippen molar-refractivity contribution in [2.75, 3.05) is 6.54 Å². The third-order valence-corrected chi connectivity index (χ3v) is 6.17. The van der Waals surface area contributed by atoms with Gasteiger partial charge in [-0.1, -0.05) is 54.0 Å². The Balaban J connectivity index is 1.25. The zero-order valence-corrected chi connectivity index (χ0v) is 14.4. The first-order valence-corrected chi connectivity index (χ1v) is 9.45. The molecule has 2 aromatic carbocycles. The topological polar surface area (TPSA) is 38.1 Å². The van der Waals surface area contributed by atoms with E-state index in [0.717, 1.165) is 24.2 Å². The second-order valence-corrected chi connectivity index (χ2v) is 7.90. The number of hydrogen-bond acceptors (Lipinski definition) is 3.